The van der Waals surface area contributed by atoms with Crippen LogP contribution in [0.15, 0.2) is 82.3 Å². The van der Waals surface area contributed by atoms with Gasteiger partial charge in [0.2, 0.25) is 0 Å². The van der Waals surface area contributed by atoms with Crippen LogP contribution in [0.1, 0.15) is 16.2 Å². The van der Waals surface area contributed by atoms with Crippen molar-refractivity contribution >= 4 is 17.8 Å². The maximum atomic E-state index is 12.2. The standard InChI is InChI=1S/C21H15N5O4/c27-21(18-12-17(23-24-18)14-6-2-1-3-7-14)25-22-13-15-10-11-20(30-15)16-8-4-5-9-19(16)26(28)29/h1-13H,(H,23,24)(H,25,27). The van der Waals surface area contributed by atoms with Gasteiger partial charge in [0.05, 0.1) is 22.4 Å². The van der Waals surface area contributed by atoms with Gasteiger partial charge in [-0.2, -0.15) is 10.2 Å². The first-order chi connectivity index (χ1) is 14.6. The zero-order chi connectivity index (χ0) is 20.9. The Hall–Kier alpha value is -4.53. The number of nitro groups is 1. The van der Waals surface area contributed by atoms with Crippen molar-refractivity contribution in [1.29, 1.82) is 0 Å². The second-order valence-electron chi connectivity index (χ2n) is 6.21. The third-order valence-corrected chi connectivity index (χ3v) is 4.24. The number of hydrogen-bond acceptors (Lipinski definition) is 6. The minimum atomic E-state index is -0.472. The number of aromatic amines is 1. The number of hydrazone groups is 1. The molecule has 0 aliphatic rings. The van der Waals surface area contributed by atoms with Gasteiger partial charge in [-0.3, -0.25) is 20.0 Å². The number of furan rings is 1. The molecule has 0 saturated carbocycles. The fourth-order valence-corrected chi connectivity index (χ4v) is 2.82. The summed E-state index contributed by atoms with van der Waals surface area (Å²) >= 11 is 0. The number of para-hydroxylation sites is 1. The molecule has 2 aromatic carbocycles. The van der Waals surface area contributed by atoms with Crippen LogP contribution in [0.5, 0.6) is 0 Å². The molecule has 2 N–H and O–H groups in total. The highest BCUT2D eigenvalue weighted by molar-refractivity contribution is 5.94. The molecule has 9 nitrogen and oxygen atoms in total. The Morgan fingerprint density at radius 3 is 2.67 bits per heavy atom. The van der Waals surface area contributed by atoms with Crippen LogP contribution >= 0.6 is 0 Å². The lowest BCUT2D eigenvalue weighted by molar-refractivity contribution is -0.384. The first-order valence-corrected chi connectivity index (χ1v) is 8.89. The monoisotopic (exact) mass is 401 g/mol. The average molecular weight is 401 g/mol. The molecule has 0 bridgehead atoms. The minimum Gasteiger partial charge on any atom is -0.455 e. The number of carbonyl (C=O) groups is 1. The number of nitrogens with zero attached hydrogens (tertiary/aromatic N) is 3. The van der Waals surface area contributed by atoms with Crippen LogP contribution in [-0.4, -0.2) is 27.2 Å². The summed E-state index contributed by atoms with van der Waals surface area (Å²) < 4.78 is 5.58. The van der Waals surface area contributed by atoms with Crippen LogP contribution in [-0.2, 0) is 0 Å². The van der Waals surface area contributed by atoms with Gasteiger partial charge in [-0.25, -0.2) is 5.43 Å². The van der Waals surface area contributed by atoms with Gasteiger partial charge in [-0.1, -0.05) is 42.5 Å². The lowest BCUT2D eigenvalue weighted by Gasteiger charge is -1.98. The molecule has 0 saturated heterocycles. The largest absolute Gasteiger partial charge is 0.455 e. The summed E-state index contributed by atoms with van der Waals surface area (Å²) in [5.74, 6) is 0.195. The number of nitro benzene ring substituents is 1. The van der Waals surface area contributed by atoms with Crippen molar-refractivity contribution in [2.24, 2.45) is 5.10 Å². The van der Waals surface area contributed by atoms with Crippen molar-refractivity contribution in [3.63, 3.8) is 0 Å². The normalized spacial score (nSPS) is 10.9. The SMILES string of the molecule is O=C(NN=Cc1ccc(-c2ccccc2[N+](=O)[O-])o1)c1cc(-c2ccccc2)n[nH]1. The fraction of sp³-hybridized carbons (Fsp3) is 0. The van der Waals surface area contributed by atoms with Gasteiger partial charge in [0.25, 0.3) is 11.6 Å². The van der Waals surface area contributed by atoms with Crippen molar-refractivity contribution in [2.75, 3.05) is 0 Å². The Kier molecular flexibility index (Phi) is 5.16. The lowest BCUT2D eigenvalue weighted by Crippen LogP contribution is -2.17. The second kappa shape index (κ2) is 8.23. The summed E-state index contributed by atoms with van der Waals surface area (Å²) in [6.07, 6.45) is 1.31. The van der Waals surface area contributed by atoms with Crippen LogP contribution in [0.3, 0.4) is 0 Å². The van der Waals surface area contributed by atoms with Gasteiger partial charge in [-0.05, 0) is 24.3 Å². The summed E-state index contributed by atoms with van der Waals surface area (Å²) in [6, 6.07) is 20.6. The van der Waals surface area contributed by atoms with Crippen molar-refractivity contribution in [3.05, 3.63) is 94.4 Å². The molecule has 30 heavy (non-hydrogen) atoms. The molecule has 0 spiro atoms. The van der Waals surface area contributed by atoms with E-state index in [0.717, 1.165) is 5.56 Å². The molecular formula is C21H15N5O4. The molecular weight excluding hydrogens is 386 g/mol. The van der Waals surface area contributed by atoms with Crippen molar-refractivity contribution in [2.45, 2.75) is 0 Å². The van der Waals surface area contributed by atoms with E-state index in [2.05, 4.69) is 20.7 Å². The summed E-state index contributed by atoms with van der Waals surface area (Å²) in [7, 11) is 0. The first kappa shape index (κ1) is 18.8. The van der Waals surface area contributed by atoms with Crippen LogP contribution in [0, 0.1) is 10.1 Å². The molecule has 4 aromatic rings. The molecule has 0 aliphatic heterocycles. The summed E-state index contributed by atoms with van der Waals surface area (Å²) in [5, 5.41) is 21.8. The zero-order valence-electron chi connectivity index (χ0n) is 15.5. The Morgan fingerprint density at radius 2 is 1.87 bits per heavy atom. The van der Waals surface area contributed by atoms with E-state index in [4.69, 9.17) is 4.42 Å². The van der Waals surface area contributed by atoms with Crippen LogP contribution in [0.25, 0.3) is 22.6 Å². The highest BCUT2D eigenvalue weighted by atomic mass is 16.6. The van der Waals surface area contributed by atoms with Gasteiger partial charge in [-0.15, -0.1) is 0 Å². The number of hydrogen-bond donors (Lipinski definition) is 2. The van der Waals surface area contributed by atoms with E-state index in [0.29, 0.717) is 22.8 Å². The molecule has 0 aliphatic carbocycles. The fourth-order valence-electron chi connectivity index (χ4n) is 2.82. The highest BCUT2D eigenvalue weighted by Crippen LogP contribution is 2.30. The molecule has 2 aromatic heterocycles. The van der Waals surface area contributed by atoms with E-state index >= 15 is 0 Å². The number of carbonyl (C=O) groups excluding carboxylic acids is 1. The van der Waals surface area contributed by atoms with Gasteiger partial charge >= 0.3 is 0 Å². The van der Waals surface area contributed by atoms with Crippen LogP contribution < -0.4 is 5.43 Å². The summed E-state index contributed by atoms with van der Waals surface area (Å²) in [5.41, 5.74) is 4.46. The maximum absolute atomic E-state index is 12.2. The maximum Gasteiger partial charge on any atom is 0.289 e. The molecule has 0 atom stereocenters. The topological polar surface area (TPSA) is 126 Å². The molecule has 148 valence electrons. The number of amides is 1. The molecule has 2 heterocycles. The number of aromatic nitrogens is 2. The molecule has 0 unspecified atom stereocenters. The molecule has 1 amide bonds. The van der Waals surface area contributed by atoms with E-state index in [1.807, 2.05) is 30.3 Å². The van der Waals surface area contributed by atoms with E-state index in [1.165, 1.54) is 12.3 Å². The average Bonchev–Trinajstić information content (AvgIpc) is 3.44. The summed E-state index contributed by atoms with van der Waals surface area (Å²) in [6.45, 7) is 0. The smallest absolute Gasteiger partial charge is 0.289 e. The van der Waals surface area contributed by atoms with E-state index in [9.17, 15) is 14.9 Å². The first-order valence-electron chi connectivity index (χ1n) is 8.89. The number of benzene rings is 2. The van der Waals surface area contributed by atoms with Crippen molar-refractivity contribution in [3.8, 4) is 22.6 Å². The second-order valence-corrected chi connectivity index (χ2v) is 6.21. The lowest BCUT2D eigenvalue weighted by atomic mass is 10.1. The third-order valence-electron chi connectivity index (χ3n) is 4.24. The van der Waals surface area contributed by atoms with E-state index in [-0.39, 0.29) is 11.4 Å². The third kappa shape index (κ3) is 3.99. The zero-order valence-corrected chi connectivity index (χ0v) is 15.5. The predicted octanol–water partition coefficient (Wildman–Crippen LogP) is 4.01. The Bertz CT molecular complexity index is 1230. The van der Waals surface area contributed by atoms with E-state index in [1.54, 1.807) is 36.4 Å². The molecule has 4 rings (SSSR count). The summed E-state index contributed by atoms with van der Waals surface area (Å²) in [4.78, 5) is 22.9. The Labute approximate surface area is 170 Å². The number of rotatable bonds is 6. The van der Waals surface area contributed by atoms with E-state index < -0.39 is 10.8 Å². The van der Waals surface area contributed by atoms with Crippen LogP contribution in [0.2, 0.25) is 0 Å². The van der Waals surface area contributed by atoms with Crippen molar-refractivity contribution < 1.29 is 14.1 Å². The van der Waals surface area contributed by atoms with Crippen LogP contribution in [0.4, 0.5) is 5.69 Å². The van der Waals surface area contributed by atoms with Gasteiger partial charge in [0.1, 0.15) is 17.2 Å². The number of nitrogens with one attached hydrogen (secondary N) is 2. The van der Waals surface area contributed by atoms with Gasteiger partial charge < -0.3 is 4.42 Å². The predicted molar refractivity (Wildman–Crippen MR) is 110 cm³/mol. The number of H-pyrrole nitrogens is 1. The molecule has 0 radical (unpaired) electrons. The van der Waals surface area contributed by atoms with Gasteiger partial charge in [0.15, 0.2) is 0 Å². The Balaban J connectivity index is 1.43. The quantitative estimate of drug-likeness (QED) is 0.287. The molecule has 0 fully saturated rings. The minimum absolute atomic E-state index is 0.0582. The van der Waals surface area contributed by atoms with Crippen molar-refractivity contribution in [1.82, 2.24) is 15.6 Å². The van der Waals surface area contributed by atoms with Gasteiger partial charge in [0, 0.05) is 11.6 Å². The highest BCUT2D eigenvalue weighted by Gasteiger charge is 2.17. The molecule has 9 heteroatoms. The Morgan fingerprint density at radius 1 is 1.10 bits per heavy atom.